The van der Waals surface area contributed by atoms with Crippen molar-refractivity contribution in [2.24, 2.45) is 5.73 Å². The highest BCUT2D eigenvalue weighted by Crippen LogP contribution is 2.28. The maximum Gasteiger partial charge on any atom is 0.224 e. The number of carbonyl (C=O) groups excluding carboxylic acids is 1. The summed E-state index contributed by atoms with van der Waals surface area (Å²) in [6.07, 6.45) is 1.29. The molecule has 0 fully saturated rings. The fourth-order valence-electron chi connectivity index (χ4n) is 2.54. The summed E-state index contributed by atoms with van der Waals surface area (Å²) in [5, 5.41) is 2.88. The number of nitrogens with two attached hydrogens (primary N) is 2. The number of benzene rings is 2. The smallest absolute Gasteiger partial charge is 0.224 e. The lowest BCUT2D eigenvalue weighted by molar-refractivity contribution is -0.116. The third-order valence-electron chi connectivity index (χ3n) is 3.65. The molecule has 2 aromatic rings. The van der Waals surface area contributed by atoms with E-state index in [0.717, 1.165) is 28.8 Å². The summed E-state index contributed by atoms with van der Waals surface area (Å²) in [4.78, 5) is 11.4. The number of nitrogen functional groups attached to an aromatic ring is 1. The van der Waals surface area contributed by atoms with Crippen molar-refractivity contribution >= 4 is 17.3 Å². The fourth-order valence-corrected chi connectivity index (χ4v) is 2.54. The van der Waals surface area contributed by atoms with E-state index < -0.39 is 0 Å². The van der Waals surface area contributed by atoms with Crippen molar-refractivity contribution in [3.05, 3.63) is 59.2 Å². The van der Waals surface area contributed by atoms with Gasteiger partial charge in [0.2, 0.25) is 5.91 Å². The number of aryl methyl sites for hydroxylation is 1. The van der Waals surface area contributed by atoms with Crippen LogP contribution in [0.2, 0.25) is 0 Å². The monoisotopic (exact) mass is 267 g/mol. The third kappa shape index (κ3) is 2.38. The van der Waals surface area contributed by atoms with Gasteiger partial charge in [-0.2, -0.15) is 0 Å². The summed E-state index contributed by atoms with van der Waals surface area (Å²) >= 11 is 0. The Hall–Kier alpha value is -2.33. The van der Waals surface area contributed by atoms with Gasteiger partial charge < -0.3 is 16.8 Å². The number of amides is 1. The average molecular weight is 267 g/mol. The van der Waals surface area contributed by atoms with E-state index >= 15 is 0 Å². The third-order valence-corrected chi connectivity index (χ3v) is 3.65. The summed E-state index contributed by atoms with van der Waals surface area (Å²) in [5.74, 6) is 0.0744. The molecule has 20 heavy (non-hydrogen) atoms. The van der Waals surface area contributed by atoms with E-state index in [4.69, 9.17) is 11.5 Å². The molecular formula is C16H17N3O. The number of anilines is 2. The molecule has 1 aliphatic rings. The van der Waals surface area contributed by atoms with Crippen LogP contribution in [0.1, 0.15) is 29.2 Å². The van der Waals surface area contributed by atoms with Crippen LogP contribution in [0.5, 0.6) is 0 Å². The molecule has 0 spiro atoms. The van der Waals surface area contributed by atoms with Crippen molar-refractivity contribution in [2.75, 3.05) is 11.1 Å². The summed E-state index contributed by atoms with van der Waals surface area (Å²) in [6, 6.07) is 13.4. The maximum atomic E-state index is 11.4. The van der Waals surface area contributed by atoms with Crippen molar-refractivity contribution in [1.82, 2.24) is 0 Å². The van der Waals surface area contributed by atoms with Crippen molar-refractivity contribution in [2.45, 2.75) is 18.9 Å². The SMILES string of the molecule is Nc1cccc(C(N)c2ccc3c(c2)CCC(=O)N3)c1. The van der Waals surface area contributed by atoms with Gasteiger partial charge in [-0.25, -0.2) is 0 Å². The van der Waals surface area contributed by atoms with Gasteiger partial charge in [0.1, 0.15) is 0 Å². The Labute approximate surface area is 117 Å². The zero-order valence-corrected chi connectivity index (χ0v) is 11.1. The lowest BCUT2D eigenvalue weighted by Crippen LogP contribution is -2.20. The Balaban J connectivity index is 1.93. The highest BCUT2D eigenvalue weighted by Gasteiger charge is 2.17. The van der Waals surface area contributed by atoms with Crippen molar-refractivity contribution < 1.29 is 4.79 Å². The molecule has 4 nitrogen and oxygen atoms in total. The van der Waals surface area contributed by atoms with E-state index in [9.17, 15) is 4.79 Å². The molecule has 3 rings (SSSR count). The molecule has 5 N–H and O–H groups in total. The molecule has 2 aromatic carbocycles. The van der Waals surface area contributed by atoms with Crippen LogP contribution in [0.4, 0.5) is 11.4 Å². The van der Waals surface area contributed by atoms with Gasteiger partial charge in [-0.3, -0.25) is 4.79 Å². The number of rotatable bonds is 2. The van der Waals surface area contributed by atoms with E-state index in [1.165, 1.54) is 0 Å². The first-order valence-electron chi connectivity index (χ1n) is 6.67. The number of hydrogen-bond acceptors (Lipinski definition) is 3. The molecule has 0 bridgehead atoms. The van der Waals surface area contributed by atoms with Gasteiger partial charge in [0, 0.05) is 17.8 Å². The maximum absolute atomic E-state index is 11.4. The van der Waals surface area contributed by atoms with E-state index in [0.29, 0.717) is 12.1 Å². The van der Waals surface area contributed by atoms with E-state index in [2.05, 4.69) is 11.4 Å². The molecule has 0 aromatic heterocycles. The normalized spacial score (nSPS) is 15.3. The number of nitrogens with one attached hydrogen (secondary N) is 1. The Morgan fingerprint density at radius 2 is 1.85 bits per heavy atom. The second-order valence-corrected chi connectivity index (χ2v) is 5.11. The fraction of sp³-hybridized carbons (Fsp3) is 0.188. The topological polar surface area (TPSA) is 81.1 Å². The van der Waals surface area contributed by atoms with Crippen LogP contribution in [0.15, 0.2) is 42.5 Å². The standard InChI is InChI=1S/C16H17N3O/c17-13-3-1-2-11(9-13)16(18)12-4-6-14-10(8-12)5-7-15(20)19-14/h1-4,6,8-9,16H,5,7,17-18H2,(H,19,20). The first-order chi connectivity index (χ1) is 9.63. The van der Waals surface area contributed by atoms with Gasteiger partial charge in [0.25, 0.3) is 0 Å². The number of fused-ring (bicyclic) bond motifs is 1. The summed E-state index contributed by atoms with van der Waals surface area (Å²) in [7, 11) is 0. The predicted octanol–water partition coefficient (Wildman–Crippen LogP) is 2.20. The molecule has 1 amide bonds. The number of carbonyl (C=O) groups is 1. The minimum absolute atomic E-state index is 0.0744. The molecule has 102 valence electrons. The molecule has 0 saturated heterocycles. The quantitative estimate of drug-likeness (QED) is 0.730. The highest BCUT2D eigenvalue weighted by molar-refractivity contribution is 5.93. The zero-order chi connectivity index (χ0) is 14.1. The first kappa shape index (κ1) is 12.7. The summed E-state index contributed by atoms with van der Waals surface area (Å²) in [5.41, 5.74) is 16.9. The van der Waals surface area contributed by atoms with Crippen LogP contribution in [0, 0.1) is 0 Å². The minimum Gasteiger partial charge on any atom is -0.399 e. The zero-order valence-electron chi connectivity index (χ0n) is 11.1. The van der Waals surface area contributed by atoms with Gasteiger partial charge in [-0.1, -0.05) is 24.3 Å². The largest absolute Gasteiger partial charge is 0.399 e. The van der Waals surface area contributed by atoms with Crippen LogP contribution in [0.3, 0.4) is 0 Å². The lowest BCUT2D eigenvalue weighted by atomic mass is 9.94. The Kier molecular flexibility index (Phi) is 3.16. The van der Waals surface area contributed by atoms with Crippen LogP contribution in [0.25, 0.3) is 0 Å². The van der Waals surface area contributed by atoms with Crippen molar-refractivity contribution in [1.29, 1.82) is 0 Å². The molecule has 0 aliphatic carbocycles. The molecule has 0 saturated carbocycles. The summed E-state index contributed by atoms with van der Waals surface area (Å²) < 4.78 is 0. The van der Waals surface area contributed by atoms with Crippen molar-refractivity contribution in [3.8, 4) is 0 Å². The average Bonchev–Trinajstić information content (AvgIpc) is 2.46. The van der Waals surface area contributed by atoms with Crippen molar-refractivity contribution in [3.63, 3.8) is 0 Å². The van der Waals surface area contributed by atoms with E-state index in [-0.39, 0.29) is 11.9 Å². The van der Waals surface area contributed by atoms with E-state index in [1.54, 1.807) is 0 Å². The lowest BCUT2D eigenvalue weighted by Gasteiger charge is -2.20. The second-order valence-electron chi connectivity index (χ2n) is 5.11. The Bertz CT molecular complexity index is 667. The highest BCUT2D eigenvalue weighted by atomic mass is 16.1. The second kappa shape index (κ2) is 4.98. The minimum atomic E-state index is -0.207. The van der Waals surface area contributed by atoms with Crippen LogP contribution < -0.4 is 16.8 Å². The molecule has 1 atom stereocenters. The Morgan fingerprint density at radius 3 is 2.65 bits per heavy atom. The Morgan fingerprint density at radius 1 is 1.05 bits per heavy atom. The van der Waals surface area contributed by atoms with Crippen LogP contribution in [-0.4, -0.2) is 5.91 Å². The molecule has 1 heterocycles. The molecule has 1 unspecified atom stereocenters. The van der Waals surface area contributed by atoms with E-state index in [1.807, 2.05) is 36.4 Å². The van der Waals surface area contributed by atoms with Gasteiger partial charge in [0.05, 0.1) is 6.04 Å². The number of hydrogen-bond donors (Lipinski definition) is 3. The molecular weight excluding hydrogens is 250 g/mol. The van der Waals surface area contributed by atoms with Gasteiger partial charge >= 0.3 is 0 Å². The van der Waals surface area contributed by atoms with Crippen LogP contribution in [-0.2, 0) is 11.2 Å². The summed E-state index contributed by atoms with van der Waals surface area (Å²) in [6.45, 7) is 0. The molecule has 1 aliphatic heterocycles. The molecule has 4 heteroatoms. The van der Waals surface area contributed by atoms with Gasteiger partial charge in [-0.15, -0.1) is 0 Å². The first-order valence-corrected chi connectivity index (χ1v) is 6.67. The van der Waals surface area contributed by atoms with Gasteiger partial charge in [-0.05, 0) is 41.3 Å². The van der Waals surface area contributed by atoms with Gasteiger partial charge in [0.15, 0.2) is 0 Å². The molecule has 0 radical (unpaired) electrons. The predicted molar refractivity (Wildman–Crippen MR) is 80.3 cm³/mol. The van der Waals surface area contributed by atoms with Crippen LogP contribution >= 0.6 is 0 Å².